The molecule has 0 amide bonds. The van der Waals surface area contributed by atoms with E-state index in [4.69, 9.17) is 0 Å². The topological polar surface area (TPSA) is 25.2 Å². The van der Waals surface area contributed by atoms with Gasteiger partial charge in [-0.2, -0.15) is 0 Å². The van der Waals surface area contributed by atoms with Gasteiger partial charge in [0, 0.05) is 23.5 Å². The summed E-state index contributed by atoms with van der Waals surface area (Å²) >= 11 is 0. The Morgan fingerprint density at radius 2 is 2.12 bits per heavy atom. The Labute approximate surface area is 97.3 Å². The Bertz CT molecular complexity index is 382. The smallest absolute Gasteiger partial charge is 0.0807 e. The van der Waals surface area contributed by atoms with E-state index in [1.807, 2.05) is 0 Å². The van der Waals surface area contributed by atoms with Crippen LogP contribution in [0.25, 0.3) is 0 Å². The van der Waals surface area contributed by atoms with E-state index < -0.39 is 0 Å². The predicted octanol–water partition coefficient (Wildman–Crippen LogP) is 3.22. The fraction of sp³-hybridized carbons (Fsp3) is 0.714. The first-order valence-electron chi connectivity index (χ1n) is 6.65. The highest BCUT2D eigenvalue weighted by Gasteiger charge is 2.29. The second-order valence-electron chi connectivity index (χ2n) is 5.51. The van der Waals surface area contributed by atoms with Crippen molar-refractivity contribution in [3.8, 4) is 0 Å². The Kier molecular flexibility index (Phi) is 2.55. The summed E-state index contributed by atoms with van der Waals surface area (Å²) in [6.45, 7) is 2.36. The van der Waals surface area contributed by atoms with E-state index in [-0.39, 0.29) is 6.10 Å². The average molecular weight is 219 g/mol. The fourth-order valence-electron chi connectivity index (χ4n) is 3.54. The number of rotatable bonds is 1. The zero-order valence-corrected chi connectivity index (χ0v) is 10.0. The molecule has 0 radical (unpaired) electrons. The fourth-order valence-corrected chi connectivity index (χ4v) is 3.54. The highest BCUT2D eigenvalue weighted by atomic mass is 16.3. The second kappa shape index (κ2) is 3.92. The Balaban J connectivity index is 1.96. The normalized spacial score (nSPS) is 34.0. The van der Waals surface area contributed by atoms with E-state index in [1.54, 1.807) is 0 Å². The highest BCUT2D eigenvalue weighted by Crippen LogP contribution is 2.39. The first kappa shape index (κ1) is 10.4. The number of hydrogen-bond acceptors (Lipinski definition) is 1. The molecule has 1 aromatic rings. The van der Waals surface area contributed by atoms with E-state index in [0.29, 0.717) is 6.04 Å². The Morgan fingerprint density at radius 3 is 2.88 bits per heavy atom. The highest BCUT2D eigenvalue weighted by molar-refractivity contribution is 5.28. The quantitative estimate of drug-likeness (QED) is 0.770. The van der Waals surface area contributed by atoms with Crippen molar-refractivity contribution in [1.82, 2.24) is 4.57 Å². The summed E-state index contributed by atoms with van der Waals surface area (Å²) in [6.07, 6.45) is 9.28. The van der Waals surface area contributed by atoms with Crippen LogP contribution in [0.15, 0.2) is 12.3 Å². The average Bonchev–Trinajstić information content (AvgIpc) is 2.84. The minimum atomic E-state index is -0.207. The van der Waals surface area contributed by atoms with Gasteiger partial charge in [-0.15, -0.1) is 0 Å². The molecule has 1 aromatic heterocycles. The van der Waals surface area contributed by atoms with Crippen LogP contribution in [-0.2, 0) is 6.42 Å². The molecule has 1 N–H and O–H groups in total. The van der Waals surface area contributed by atoms with Crippen LogP contribution in [-0.4, -0.2) is 9.67 Å². The van der Waals surface area contributed by atoms with E-state index in [0.717, 1.165) is 25.2 Å². The van der Waals surface area contributed by atoms with Gasteiger partial charge in [0.05, 0.1) is 6.10 Å². The van der Waals surface area contributed by atoms with Gasteiger partial charge in [-0.3, -0.25) is 0 Å². The van der Waals surface area contributed by atoms with E-state index in [1.165, 1.54) is 30.5 Å². The molecule has 1 fully saturated rings. The lowest BCUT2D eigenvalue weighted by Gasteiger charge is -2.25. The number of aliphatic hydroxyl groups excluding tert-OH is 1. The third kappa shape index (κ3) is 1.51. The molecule has 16 heavy (non-hydrogen) atoms. The number of nitrogens with zero attached hydrogens (tertiary/aromatic N) is 1. The van der Waals surface area contributed by atoms with Crippen molar-refractivity contribution >= 4 is 0 Å². The van der Waals surface area contributed by atoms with Crippen LogP contribution in [0, 0.1) is 5.92 Å². The molecule has 2 heteroatoms. The Morgan fingerprint density at radius 1 is 1.25 bits per heavy atom. The third-order valence-corrected chi connectivity index (χ3v) is 4.48. The maximum atomic E-state index is 9.97. The van der Waals surface area contributed by atoms with Gasteiger partial charge in [-0.05, 0) is 44.1 Å². The summed E-state index contributed by atoms with van der Waals surface area (Å²) in [5, 5.41) is 9.97. The molecule has 1 heterocycles. The first-order chi connectivity index (χ1) is 7.77. The molecule has 1 saturated carbocycles. The largest absolute Gasteiger partial charge is 0.388 e. The Hall–Kier alpha value is -0.760. The molecule has 0 aromatic carbocycles. The minimum Gasteiger partial charge on any atom is -0.388 e. The maximum Gasteiger partial charge on any atom is 0.0807 e. The summed E-state index contributed by atoms with van der Waals surface area (Å²) in [7, 11) is 0. The monoisotopic (exact) mass is 219 g/mol. The summed E-state index contributed by atoms with van der Waals surface area (Å²) in [6, 6.07) is 2.83. The van der Waals surface area contributed by atoms with Crippen LogP contribution in [0.3, 0.4) is 0 Å². The van der Waals surface area contributed by atoms with Gasteiger partial charge in [0.1, 0.15) is 0 Å². The lowest BCUT2D eigenvalue weighted by atomic mass is 9.94. The lowest BCUT2D eigenvalue weighted by Crippen LogP contribution is -2.17. The first-order valence-corrected chi connectivity index (χ1v) is 6.65. The molecule has 3 atom stereocenters. The van der Waals surface area contributed by atoms with Crippen molar-refractivity contribution in [3.63, 3.8) is 0 Å². The summed E-state index contributed by atoms with van der Waals surface area (Å²) in [5.74, 6) is 0.801. The zero-order chi connectivity index (χ0) is 11.1. The van der Waals surface area contributed by atoms with Crippen LogP contribution in [0.1, 0.15) is 62.4 Å². The second-order valence-corrected chi connectivity index (χ2v) is 5.51. The molecule has 2 nitrogen and oxygen atoms in total. The van der Waals surface area contributed by atoms with Crippen molar-refractivity contribution in [2.24, 2.45) is 5.92 Å². The van der Waals surface area contributed by atoms with Gasteiger partial charge < -0.3 is 9.67 Å². The molecule has 0 saturated heterocycles. The molecule has 88 valence electrons. The van der Waals surface area contributed by atoms with Gasteiger partial charge >= 0.3 is 0 Å². The van der Waals surface area contributed by atoms with Crippen LogP contribution in [0.5, 0.6) is 0 Å². The van der Waals surface area contributed by atoms with Crippen LogP contribution >= 0.6 is 0 Å². The lowest BCUT2D eigenvalue weighted by molar-refractivity contribution is 0.155. The van der Waals surface area contributed by atoms with Gasteiger partial charge in [-0.25, -0.2) is 0 Å². The van der Waals surface area contributed by atoms with Crippen LogP contribution in [0.4, 0.5) is 0 Å². The third-order valence-electron chi connectivity index (χ3n) is 4.48. The van der Waals surface area contributed by atoms with E-state index >= 15 is 0 Å². The zero-order valence-electron chi connectivity index (χ0n) is 10.0. The standard InChI is InChI=1S/C14H21NO/c1-10-4-2-5-12(10)15-9-8-11-13(15)6-3-7-14(11)16/h8-10,12,14,16H,2-7H2,1H3. The van der Waals surface area contributed by atoms with Crippen molar-refractivity contribution in [2.75, 3.05) is 0 Å². The van der Waals surface area contributed by atoms with Crippen molar-refractivity contribution in [1.29, 1.82) is 0 Å². The molecular formula is C14H21NO. The maximum absolute atomic E-state index is 9.97. The van der Waals surface area contributed by atoms with Crippen molar-refractivity contribution in [2.45, 2.75) is 57.6 Å². The van der Waals surface area contributed by atoms with Crippen LogP contribution in [0.2, 0.25) is 0 Å². The predicted molar refractivity (Wildman–Crippen MR) is 64.4 cm³/mol. The summed E-state index contributed by atoms with van der Waals surface area (Å²) < 4.78 is 2.47. The molecular weight excluding hydrogens is 198 g/mol. The number of aliphatic hydroxyl groups is 1. The SMILES string of the molecule is CC1CCCC1n1ccc2c1CCCC2O. The van der Waals surface area contributed by atoms with Crippen molar-refractivity contribution < 1.29 is 5.11 Å². The molecule has 0 aliphatic heterocycles. The van der Waals surface area contributed by atoms with E-state index in [9.17, 15) is 5.11 Å². The van der Waals surface area contributed by atoms with Crippen molar-refractivity contribution in [3.05, 3.63) is 23.5 Å². The van der Waals surface area contributed by atoms with Gasteiger partial charge in [0.25, 0.3) is 0 Å². The number of hydrogen-bond donors (Lipinski definition) is 1. The number of aromatic nitrogens is 1. The summed E-state index contributed by atoms with van der Waals surface area (Å²) in [5.41, 5.74) is 2.61. The van der Waals surface area contributed by atoms with Crippen LogP contribution < -0.4 is 0 Å². The summed E-state index contributed by atoms with van der Waals surface area (Å²) in [4.78, 5) is 0. The van der Waals surface area contributed by atoms with Gasteiger partial charge in [0.2, 0.25) is 0 Å². The molecule has 2 aliphatic rings. The molecule has 0 spiro atoms. The molecule has 3 unspecified atom stereocenters. The minimum absolute atomic E-state index is 0.207. The van der Waals surface area contributed by atoms with E-state index in [2.05, 4.69) is 23.8 Å². The molecule has 2 aliphatic carbocycles. The van der Waals surface area contributed by atoms with Gasteiger partial charge in [0.15, 0.2) is 0 Å². The molecule has 0 bridgehead atoms. The van der Waals surface area contributed by atoms with Gasteiger partial charge in [-0.1, -0.05) is 13.3 Å². The molecule has 3 rings (SSSR count). The number of fused-ring (bicyclic) bond motifs is 1.